The number of nitrogens with zero attached hydrogens (tertiary/aromatic N) is 1. The SMILES string of the molecule is CCCCCNC(=O)CCN(CCOC)C(C)=O. The second kappa shape index (κ2) is 11.0. The van der Waals surface area contributed by atoms with E-state index in [0.29, 0.717) is 26.1 Å². The smallest absolute Gasteiger partial charge is 0.221 e. The first kappa shape index (κ1) is 16.9. The molecule has 0 saturated heterocycles. The van der Waals surface area contributed by atoms with E-state index in [1.165, 1.54) is 6.92 Å². The first-order valence-electron chi connectivity index (χ1n) is 6.63. The lowest BCUT2D eigenvalue weighted by molar-refractivity contribution is -0.130. The Bertz CT molecular complexity index is 244. The van der Waals surface area contributed by atoms with Crippen LogP contribution in [0.4, 0.5) is 0 Å². The second-order valence-corrected chi connectivity index (χ2v) is 4.31. The molecule has 5 nitrogen and oxygen atoms in total. The number of rotatable bonds is 10. The monoisotopic (exact) mass is 258 g/mol. The molecule has 0 aliphatic carbocycles. The minimum atomic E-state index is -0.0224. The third-order valence-electron chi connectivity index (χ3n) is 2.72. The average molecular weight is 258 g/mol. The molecule has 0 aromatic heterocycles. The molecule has 0 rings (SSSR count). The highest BCUT2D eigenvalue weighted by Gasteiger charge is 2.10. The molecule has 0 aliphatic rings. The van der Waals surface area contributed by atoms with Crippen LogP contribution >= 0.6 is 0 Å². The van der Waals surface area contributed by atoms with Gasteiger partial charge in [0.05, 0.1) is 6.61 Å². The van der Waals surface area contributed by atoms with E-state index in [1.54, 1.807) is 12.0 Å². The van der Waals surface area contributed by atoms with Gasteiger partial charge in [0.2, 0.25) is 11.8 Å². The van der Waals surface area contributed by atoms with Gasteiger partial charge < -0.3 is 15.0 Å². The van der Waals surface area contributed by atoms with Crippen molar-refractivity contribution >= 4 is 11.8 Å². The number of nitrogens with one attached hydrogen (secondary N) is 1. The maximum Gasteiger partial charge on any atom is 0.221 e. The lowest BCUT2D eigenvalue weighted by Gasteiger charge is -2.20. The first-order valence-corrected chi connectivity index (χ1v) is 6.63. The first-order chi connectivity index (χ1) is 8.61. The van der Waals surface area contributed by atoms with E-state index in [9.17, 15) is 9.59 Å². The van der Waals surface area contributed by atoms with Crippen molar-refractivity contribution < 1.29 is 14.3 Å². The number of amides is 2. The number of methoxy groups -OCH3 is 1. The number of carbonyl (C=O) groups excluding carboxylic acids is 2. The van der Waals surface area contributed by atoms with Gasteiger partial charge in [-0.25, -0.2) is 0 Å². The third kappa shape index (κ3) is 8.98. The summed E-state index contributed by atoms with van der Waals surface area (Å²) >= 11 is 0. The van der Waals surface area contributed by atoms with Gasteiger partial charge in [-0.2, -0.15) is 0 Å². The van der Waals surface area contributed by atoms with Gasteiger partial charge in [0, 0.05) is 40.1 Å². The van der Waals surface area contributed by atoms with Crippen LogP contribution < -0.4 is 5.32 Å². The Morgan fingerprint density at radius 2 is 1.94 bits per heavy atom. The van der Waals surface area contributed by atoms with Gasteiger partial charge in [-0.15, -0.1) is 0 Å². The molecular weight excluding hydrogens is 232 g/mol. The molecule has 0 aromatic carbocycles. The summed E-state index contributed by atoms with van der Waals surface area (Å²) in [6.45, 7) is 5.85. The Labute approximate surface area is 110 Å². The van der Waals surface area contributed by atoms with Gasteiger partial charge in [-0.05, 0) is 6.42 Å². The molecule has 106 valence electrons. The van der Waals surface area contributed by atoms with Crippen LogP contribution in [-0.2, 0) is 14.3 Å². The molecular formula is C13H26N2O3. The highest BCUT2D eigenvalue weighted by molar-refractivity contribution is 5.77. The Kier molecular flexibility index (Phi) is 10.3. The number of hydrogen-bond donors (Lipinski definition) is 1. The Hall–Kier alpha value is -1.10. The van der Waals surface area contributed by atoms with Crippen LogP contribution in [0.15, 0.2) is 0 Å². The van der Waals surface area contributed by atoms with Gasteiger partial charge in [-0.3, -0.25) is 9.59 Å². The second-order valence-electron chi connectivity index (χ2n) is 4.31. The molecule has 5 heteroatoms. The average Bonchev–Trinajstić information content (AvgIpc) is 2.34. The van der Waals surface area contributed by atoms with Crippen molar-refractivity contribution in [3.8, 4) is 0 Å². The molecule has 0 saturated carbocycles. The predicted molar refractivity (Wildman–Crippen MR) is 71.3 cm³/mol. The molecule has 0 spiro atoms. The van der Waals surface area contributed by atoms with Gasteiger partial charge in [0.15, 0.2) is 0 Å². The zero-order chi connectivity index (χ0) is 13.8. The van der Waals surface area contributed by atoms with Gasteiger partial charge >= 0.3 is 0 Å². The molecule has 0 unspecified atom stereocenters. The van der Waals surface area contributed by atoms with Crippen LogP contribution in [0.5, 0.6) is 0 Å². The molecule has 0 heterocycles. The molecule has 0 aromatic rings. The fraction of sp³-hybridized carbons (Fsp3) is 0.846. The fourth-order valence-corrected chi connectivity index (χ4v) is 1.56. The van der Waals surface area contributed by atoms with Crippen molar-refractivity contribution in [3.63, 3.8) is 0 Å². The standard InChI is InChI=1S/C13H26N2O3/c1-4-5-6-8-14-13(17)7-9-15(12(2)16)10-11-18-3/h4-11H2,1-3H3,(H,14,17). The van der Waals surface area contributed by atoms with Gasteiger partial charge in [0.25, 0.3) is 0 Å². The maximum absolute atomic E-state index is 11.5. The third-order valence-corrected chi connectivity index (χ3v) is 2.72. The summed E-state index contributed by atoms with van der Waals surface area (Å²) in [5, 5.41) is 2.86. The molecule has 1 N–H and O–H groups in total. The molecule has 0 radical (unpaired) electrons. The van der Waals surface area contributed by atoms with E-state index < -0.39 is 0 Å². The van der Waals surface area contributed by atoms with Crippen LogP contribution in [-0.4, -0.2) is 50.1 Å². The zero-order valence-corrected chi connectivity index (χ0v) is 11.8. The van der Waals surface area contributed by atoms with Crippen molar-refractivity contribution in [2.75, 3.05) is 33.4 Å². The van der Waals surface area contributed by atoms with E-state index in [2.05, 4.69) is 12.2 Å². The summed E-state index contributed by atoms with van der Waals surface area (Å²) in [5.41, 5.74) is 0. The topological polar surface area (TPSA) is 58.6 Å². The minimum Gasteiger partial charge on any atom is -0.383 e. The summed E-state index contributed by atoms with van der Waals surface area (Å²) in [4.78, 5) is 24.5. The highest BCUT2D eigenvalue weighted by atomic mass is 16.5. The Morgan fingerprint density at radius 1 is 1.22 bits per heavy atom. The normalized spacial score (nSPS) is 10.2. The summed E-state index contributed by atoms with van der Waals surface area (Å²) in [5.74, 6) is -0.0133. The number of carbonyl (C=O) groups is 2. The van der Waals surface area contributed by atoms with Crippen molar-refractivity contribution in [1.82, 2.24) is 10.2 Å². The van der Waals surface area contributed by atoms with Crippen molar-refractivity contribution in [2.45, 2.75) is 39.5 Å². The summed E-state index contributed by atoms with van der Waals surface area (Å²) in [6, 6.07) is 0. The summed E-state index contributed by atoms with van der Waals surface area (Å²) < 4.78 is 4.93. The molecule has 0 fully saturated rings. The number of unbranched alkanes of at least 4 members (excludes halogenated alkanes) is 2. The van der Waals surface area contributed by atoms with E-state index in [1.807, 2.05) is 0 Å². The quantitative estimate of drug-likeness (QED) is 0.599. The van der Waals surface area contributed by atoms with E-state index in [0.717, 1.165) is 25.8 Å². The van der Waals surface area contributed by atoms with Crippen molar-refractivity contribution in [2.24, 2.45) is 0 Å². The van der Waals surface area contributed by atoms with Crippen molar-refractivity contribution in [1.29, 1.82) is 0 Å². The van der Waals surface area contributed by atoms with Gasteiger partial charge in [-0.1, -0.05) is 19.8 Å². The van der Waals surface area contributed by atoms with Crippen LogP contribution in [0.3, 0.4) is 0 Å². The Balaban J connectivity index is 3.74. The largest absolute Gasteiger partial charge is 0.383 e. The molecule has 18 heavy (non-hydrogen) atoms. The van der Waals surface area contributed by atoms with Crippen LogP contribution in [0, 0.1) is 0 Å². The van der Waals surface area contributed by atoms with E-state index in [-0.39, 0.29) is 11.8 Å². The molecule has 0 bridgehead atoms. The summed E-state index contributed by atoms with van der Waals surface area (Å²) in [6.07, 6.45) is 3.65. The van der Waals surface area contributed by atoms with Gasteiger partial charge in [0.1, 0.15) is 0 Å². The number of hydrogen-bond acceptors (Lipinski definition) is 3. The summed E-state index contributed by atoms with van der Waals surface area (Å²) in [7, 11) is 1.60. The van der Waals surface area contributed by atoms with Crippen molar-refractivity contribution in [3.05, 3.63) is 0 Å². The maximum atomic E-state index is 11.5. The lowest BCUT2D eigenvalue weighted by Crippen LogP contribution is -2.36. The molecule has 0 atom stereocenters. The van der Waals surface area contributed by atoms with E-state index in [4.69, 9.17) is 4.74 Å². The van der Waals surface area contributed by atoms with E-state index >= 15 is 0 Å². The lowest BCUT2D eigenvalue weighted by atomic mass is 10.2. The zero-order valence-electron chi connectivity index (χ0n) is 11.8. The molecule has 2 amide bonds. The van der Waals surface area contributed by atoms with Crippen LogP contribution in [0.2, 0.25) is 0 Å². The fourth-order valence-electron chi connectivity index (χ4n) is 1.56. The van der Waals surface area contributed by atoms with Crippen LogP contribution in [0.25, 0.3) is 0 Å². The van der Waals surface area contributed by atoms with Crippen LogP contribution in [0.1, 0.15) is 39.5 Å². The predicted octanol–water partition coefficient (Wildman–Crippen LogP) is 1.18. The number of ether oxygens (including phenoxy) is 1. The molecule has 0 aliphatic heterocycles. The highest BCUT2D eigenvalue weighted by Crippen LogP contribution is 1.95. The minimum absolute atomic E-state index is 0.00905. The Morgan fingerprint density at radius 3 is 2.50 bits per heavy atom.